The van der Waals surface area contributed by atoms with Gasteiger partial charge in [-0.1, -0.05) is 25.4 Å². The molecule has 0 N–H and O–H groups in total. The zero-order valence-corrected chi connectivity index (χ0v) is 15.3. The van der Waals surface area contributed by atoms with E-state index in [-0.39, 0.29) is 5.97 Å². The lowest BCUT2D eigenvalue weighted by Crippen LogP contribution is -2.04. The lowest BCUT2D eigenvalue weighted by molar-refractivity contribution is 0.0531. The van der Waals surface area contributed by atoms with E-state index in [1.807, 2.05) is 18.2 Å². The van der Waals surface area contributed by atoms with Gasteiger partial charge in [0.25, 0.3) is 0 Å². The van der Waals surface area contributed by atoms with Crippen LogP contribution in [0.1, 0.15) is 36.1 Å². The molecule has 6 heteroatoms. The van der Waals surface area contributed by atoms with Gasteiger partial charge in [-0.05, 0) is 38.0 Å². The number of rotatable bonds is 6. The number of benzene rings is 1. The lowest BCUT2D eigenvalue weighted by atomic mass is 10.2. The number of thiazole rings is 1. The van der Waals surface area contributed by atoms with E-state index in [1.165, 1.54) is 11.3 Å². The van der Waals surface area contributed by atoms with Crippen LogP contribution >= 0.6 is 22.9 Å². The normalized spacial score (nSPS) is 10.9. The predicted molar refractivity (Wildman–Crippen MR) is 93.6 cm³/mol. The van der Waals surface area contributed by atoms with E-state index in [0.717, 1.165) is 10.6 Å². The van der Waals surface area contributed by atoms with Crippen molar-refractivity contribution in [3.8, 4) is 16.3 Å². The highest BCUT2D eigenvalue weighted by atomic mass is 35.5. The molecule has 0 aliphatic heterocycles. The first-order valence-electron chi connectivity index (χ1n) is 7.49. The molecule has 1 heterocycles. The van der Waals surface area contributed by atoms with Crippen molar-refractivity contribution in [1.82, 2.24) is 4.98 Å². The predicted octanol–water partition coefficient (Wildman–Crippen LogP) is 4.98. The van der Waals surface area contributed by atoms with E-state index in [2.05, 4.69) is 18.8 Å². The van der Waals surface area contributed by atoms with Gasteiger partial charge in [0.2, 0.25) is 0 Å². The van der Waals surface area contributed by atoms with Crippen LogP contribution in [-0.4, -0.2) is 24.2 Å². The molecule has 0 saturated carbocycles. The fourth-order valence-corrected chi connectivity index (χ4v) is 3.10. The number of halogens is 1. The molecule has 2 aromatic rings. The Balaban J connectivity index is 2.24. The van der Waals surface area contributed by atoms with Gasteiger partial charge in [-0.25, -0.2) is 9.78 Å². The summed E-state index contributed by atoms with van der Waals surface area (Å²) in [5.41, 5.74) is 1.52. The molecule has 23 heavy (non-hydrogen) atoms. The van der Waals surface area contributed by atoms with Gasteiger partial charge in [-0.3, -0.25) is 0 Å². The summed E-state index contributed by atoms with van der Waals surface area (Å²) in [6.07, 6.45) is 0. The number of hydrogen-bond donors (Lipinski definition) is 0. The van der Waals surface area contributed by atoms with Crippen LogP contribution in [0.4, 0.5) is 0 Å². The zero-order chi connectivity index (χ0) is 17.0. The van der Waals surface area contributed by atoms with Gasteiger partial charge in [-0.15, -0.1) is 11.3 Å². The Labute approximate surface area is 145 Å². The topological polar surface area (TPSA) is 48.4 Å². The second-order valence-corrected chi connectivity index (χ2v) is 6.91. The minimum atomic E-state index is -0.336. The third kappa shape index (κ3) is 4.45. The van der Waals surface area contributed by atoms with Gasteiger partial charge in [0.15, 0.2) is 0 Å². The summed E-state index contributed by atoms with van der Waals surface area (Å²) in [6, 6.07) is 5.54. The number of nitrogens with zero attached hydrogens (tertiary/aromatic N) is 1. The molecule has 4 nitrogen and oxygen atoms in total. The highest BCUT2D eigenvalue weighted by Gasteiger charge is 2.17. The molecule has 0 fully saturated rings. The Kier molecular flexibility index (Phi) is 6.02. The fourth-order valence-electron chi connectivity index (χ4n) is 1.91. The van der Waals surface area contributed by atoms with Crippen LogP contribution in [0.3, 0.4) is 0 Å². The summed E-state index contributed by atoms with van der Waals surface area (Å²) in [6.45, 7) is 8.70. The molecule has 1 aromatic heterocycles. The van der Waals surface area contributed by atoms with Crippen LogP contribution in [0.2, 0.25) is 5.02 Å². The first-order chi connectivity index (χ1) is 10.9. The molecule has 0 atom stereocenters. The van der Waals surface area contributed by atoms with Crippen molar-refractivity contribution in [1.29, 1.82) is 0 Å². The number of aromatic nitrogens is 1. The first-order valence-corrected chi connectivity index (χ1v) is 8.69. The second kappa shape index (κ2) is 7.79. The summed E-state index contributed by atoms with van der Waals surface area (Å²) in [5.74, 6) is 0.749. The summed E-state index contributed by atoms with van der Waals surface area (Å²) >= 11 is 7.59. The molecule has 0 bridgehead atoms. The monoisotopic (exact) mass is 353 g/mol. The highest BCUT2D eigenvalue weighted by Crippen LogP contribution is 2.34. The Bertz CT molecular complexity index is 697. The molecule has 2 rings (SSSR count). The number of aryl methyl sites for hydroxylation is 1. The van der Waals surface area contributed by atoms with Crippen LogP contribution in [0, 0.1) is 12.8 Å². The van der Waals surface area contributed by atoms with Crippen molar-refractivity contribution < 1.29 is 14.3 Å². The van der Waals surface area contributed by atoms with Crippen molar-refractivity contribution in [2.24, 2.45) is 5.92 Å². The summed E-state index contributed by atoms with van der Waals surface area (Å²) in [7, 11) is 0. The van der Waals surface area contributed by atoms with E-state index in [4.69, 9.17) is 21.1 Å². The van der Waals surface area contributed by atoms with E-state index >= 15 is 0 Å². The number of hydrogen-bond acceptors (Lipinski definition) is 5. The van der Waals surface area contributed by atoms with Crippen molar-refractivity contribution in [2.75, 3.05) is 13.2 Å². The smallest absolute Gasteiger partial charge is 0.350 e. The summed E-state index contributed by atoms with van der Waals surface area (Å²) in [5, 5.41) is 1.27. The van der Waals surface area contributed by atoms with Crippen molar-refractivity contribution in [2.45, 2.75) is 27.7 Å². The quantitative estimate of drug-likeness (QED) is 0.687. The first kappa shape index (κ1) is 17.8. The van der Waals surface area contributed by atoms with Gasteiger partial charge in [0.05, 0.1) is 23.9 Å². The minimum absolute atomic E-state index is 0.336. The lowest BCUT2D eigenvalue weighted by Gasteiger charge is -2.10. The second-order valence-electron chi connectivity index (χ2n) is 5.50. The molecular weight excluding hydrogens is 334 g/mol. The molecule has 0 aliphatic carbocycles. The number of carbonyl (C=O) groups excluding carboxylic acids is 1. The largest absolute Gasteiger partial charge is 0.492 e. The molecule has 124 valence electrons. The maximum Gasteiger partial charge on any atom is 0.350 e. The van der Waals surface area contributed by atoms with Crippen LogP contribution in [0.15, 0.2) is 18.2 Å². The van der Waals surface area contributed by atoms with Gasteiger partial charge in [-0.2, -0.15) is 0 Å². The minimum Gasteiger partial charge on any atom is -0.492 e. The molecule has 1 aromatic carbocycles. The third-order valence-electron chi connectivity index (χ3n) is 3.01. The van der Waals surface area contributed by atoms with Gasteiger partial charge < -0.3 is 9.47 Å². The fraction of sp³-hybridized carbons (Fsp3) is 0.412. The highest BCUT2D eigenvalue weighted by molar-refractivity contribution is 7.17. The van der Waals surface area contributed by atoms with E-state index in [0.29, 0.717) is 40.5 Å². The van der Waals surface area contributed by atoms with Crippen LogP contribution < -0.4 is 4.74 Å². The average molecular weight is 354 g/mol. The molecule has 0 saturated heterocycles. The Morgan fingerprint density at radius 3 is 2.74 bits per heavy atom. The zero-order valence-electron chi connectivity index (χ0n) is 13.7. The molecular formula is C17H20ClNO3S. The summed E-state index contributed by atoms with van der Waals surface area (Å²) < 4.78 is 10.7. The third-order valence-corrected chi connectivity index (χ3v) is 4.49. The van der Waals surface area contributed by atoms with E-state index < -0.39 is 0 Å². The van der Waals surface area contributed by atoms with Gasteiger partial charge in [0.1, 0.15) is 15.6 Å². The van der Waals surface area contributed by atoms with Crippen LogP contribution in [-0.2, 0) is 4.74 Å². The van der Waals surface area contributed by atoms with Crippen LogP contribution in [0.25, 0.3) is 10.6 Å². The molecule has 0 unspecified atom stereocenters. The summed E-state index contributed by atoms with van der Waals surface area (Å²) in [4.78, 5) is 16.9. The van der Waals surface area contributed by atoms with Gasteiger partial charge in [0, 0.05) is 5.56 Å². The van der Waals surface area contributed by atoms with Crippen molar-refractivity contribution in [3.05, 3.63) is 33.8 Å². The average Bonchev–Trinajstić information content (AvgIpc) is 2.88. The molecule has 0 amide bonds. The van der Waals surface area contributed by atoms with E-state index in [1.54, 1.807) is 13.8 Å². The molecule has 0 radical (unpaired) electrons. The number of ether oxygens (including phenoxy) is 2. The standard InChI is InChI=1S/C17H20ClNO3S/c1-5-21-17(20)15-11(4)19-16(23-15)12-6-7-14(13(18)8-12)22-9-10(2)3/h6-8,10H,5,9H2,1-4H3. The number of carbonyl (C=O) groups is 1. The maximum atomic E-state index is 11.9. The van der Waals surface area contributed by atoms with Gasteiger partial charge >= 0.3 is 5.97 Å². The van der Waals surface area contributed by atoms with Crippen LogP contribution in [0.5, 0.6) is 5.75 Å². The van der Waals surface area contributed by atoms with Crippen molar-refractivity contribution >= 4 is 28.9 Å². The van der Waals surface area contributed by atoms with Crippen molar-refractivity contribution in [3.63, 3.8) is 0 Å². The Morgan fingerprint density at radius 2 is 2.13 bits per heavy atom. The Hall–Kier alpha value is -1.59. The van der Waals surface area contributed by atoms with E-state index in [9.17, 15) is 4.79 Å². The SMILES string of the molecule is CCOC(=O)c1sc(-c2ccc(OCC(C)C)c(Cl)c2)nc1C. The maximum absolute atomic E-state index is 11.9. The number of esters is 1. The Morgan fingerprint density at radius 1 is 1.39 bits per heavy atom. The molecule has 0 aliphatic rings. The molecule has 0 spiro atoms.